The maximum Gasteiger partial charge on any atom is 0.260 e. The lowest BCUT2D eigenvalue weighted by Crippen LogP contribution is -2.33. The van der Waals surface area contributed by atoms with E-state index in [1.807, 2.05) is 5.38 Å². The first-order chi connectivity index (χ1) is 10.7. The standard InChI is InChI=1S/C16H18N2O3S/c1-18(7-5-13-6-8-22-11-13)16(20)10-21-15-4-2-3-14(9-15)17-12-19/h2-4,6,8-9,11-12H,5,7,10H2,1H3,(H,17,19). The number of likely N-dealkylation sites (N-methyl/N-ethyl adjacent to an activating group) is 1. The van der Waals surface area contributed by atoms with Crippen LogP contribution in [0.5, 0.6) is 5.75 Å². The lowest BCUT2D eigenvalue weighted by atomic mass is 10.2. The minimum atomic E-state index is -0.0796. The Morgan fingerprint density at radius 1 is 1.41 bits per heavy atom. The molecule has 0 aliphatic rings. The van der Waals surface area contributed by atoms with Gasteiger partial charge in [-0.2, -0.15) is 11.3 Å². The van der Waals surface area contributed by atoms with Crippen molar-refractivity contribution in [3.63, 3.8) is 0 Å². The number of hydrogen-bond donors (Lipinski definition) is 1. The van der Waals surface area contributed by atoms with Gasteiger partial charge in [0.2, 0.25) is 6.41 Å². The molecule has 2 aromatic rings. The lowest BCUT2D eigenvalue weighted by molar-refractivity contribution is -0.132. The second kappa shape index (κ2) is 8.19. The molecule has 1 heterocycles. The van der Waals surface area contributed by atoms with Gasteiger partial charge in [-0.3, -0.25) is 9.59 Å². The second-order valence-corrected chi connectivity index (χ2v) is 5.56. The molecule has 2 rings (SSSR count). The molecule has 0 radical (unpaired) electrons. The van der Waals surface area contributed by atoms with Crippen LogP contribution < -0.4 is 10.1 Å². The number of ether oxygens (including phenoxy) is 1. The topological polar surface area (TPSA) is 58.6 Å². The molecule has 6 heteroatoms. The van der Waals surface area contributed by atoms with Crippen molar-refractivity contribution in [1.82, 2.24) is 4.90 Å². The summed E-state index contributed by atoms with van der Waals surface area (Å²) < 4.78 is 5.47. The number of nitrogens with one attached hydrogen (secondary N) is 1. The smallest absolute Gasteiger partial charge is 0.260 e. The molecule has 1 aromatic heterocycles. The van der Waals surface area contributed by atoms with Crippen LogP contribution in [-0.4, -0.2) is 37.4 Å². The maximum atomic E-state index is 12.0. The van der Waals surface area contributed by atoms with E-state index in [0.717, 1.165) is 6.42 Å². The predicted molar refractivity (Wildman–Crippen MR) is 87.3 cm³/mol. The van der Waals surface area contributed by atoms with Gasteiger partial charge in [-0.15, -0.1) is 0 Å². The van der Waals surface area contributed by atoms with Gasteiger partial charge in [0.1, 0.15) is 5.75 Å². The number of thiophene rings is 1. The van der Waals surface area contributed by atoms with Crippen LogP contribution in [0.15, 0.2) is 41.1 Å². The van der Waals surface area contributed by atoms with Crippen molar-refractivity contribution in [3.8, 4) is 5.75 Å². The maximum absolute atomic E-state index is 12.0. The predicted octanol–water partition coefficient (Wildman–Crippen LogP) is 2.40. The van der Waals surface area contributed by atoms with Gasteiger partial charge in [-0.05, 0) is 40.9 Å². The van der Waals surface area contributed by atoms with E-state index in [1.165, 1.54) is 5.56 Å². The molecular weight excluding hydrogens is 300 g/mol. The Morgan fingerprint density at radius 3 is 3.00 bits per heavy atom. The molecule has 0 aliphatic heterocycles. The first-order valence-corrected chi connectivity index (χ1v) is 7.81. The fourth-order valence-electron chi connectivity index (χ4n) is 1.86. The number of carbonyl (C=O) groups excluding carboxylic acids is 2. The van der Waals surface area contributed by atoms with E-state index < -0.39 is 0 Å². The lowest BCUT2D eigenvalue weighted by Gasteiger charge is -2.17. The zero-order valence-corrected chi connectivity index (χ0v) is 13.1. The molecule has 2 amide bonds. The Morgan fingerprint density at radius 2 is 2.27 bits per heavy atom. The molecule has 22 heavy (non-hydrogen) atoms. The number of amides is 2. The van der Waals surface area contributed by atoms with Crippen molar-refractivity contribution in [3.05, 3.63) is 46.7 Å². The number of hydrogen-bond acceptors (Lipinski definition) is 4. The minimum Gasteiger partial charge on any atom is -0.484 e. The Kier molecular flexibility index (Phi) is 5.97. The highest BCUT2D eigenvalue weighted by molar-refractivity contribution is 7.07. The van der Waals surface area contributed by atoms with Gasteiger partial charge >= 0.3 is 0 Å². The summed E-state index contributed by atoms with van der Waals surface area (Å²) in [5.41, 5.74) is 1.86. The third-order valence-corrected chi connectivity index (χ3v) is 3.90. The van der Waals surface area contributed by atoms with E-state index >= 15 is 0 Å². The highest BCUT2D eigenvalue weighted by Gasteiger charge is 2.10. The second-order valence-electron chi connectivity index (χ2n) is 4.78. The van der Waals surface area contributed by atoms with Crippen LogP contribution in [0.3, 0.4) is 0 Å². The summed E-state index contributed by atoms with van der Waals surface area (Å²) in [5, 5.41) is 6.65. The van der Waals surface area contributed by atoms with Crippen molar-refractivity contribution < 1.29 is 14.3 Å². The van der Waals surface area contributed by atoms with Crippen LogP contribution in [0, 0.1) is 0 Å². The summed E-state index contributed by atoms with van der Waals surface area (Å²) in [6.07, 6.45) is 1.44. The number of nitrogens with zero attached hydrogens (tertiary/aromatic N) is 1. The Hall–Kier alpha value is -2.34. The average Bonchev–Trinajstić information content (AvgIpc) is 3.04. The molecule has 1 N–H and O–H groups in total. The summed E-state index contributed by atoms with van der Waals surface area (Å²) in [7, 11) is 1.77. The zero-order valence-electron chi connectivity index (χ0n) is 12.3. The normalized spacial score (nSPS) is 10.0. The summed E-state index contributed by atoms with van der Waals surface area (Å²) in [6, 6.07) is 8.98. The van der Waals surface area contributed by atoms with Crippen molar-refractivity contribution in [2.24, 2.45) is 0 Å². The summed E-state index contributed by atoms with van der Waals surface area (Å²) in [6.45, 7) is 0.635. The van der Waals surface area contributed by atoms with Gasteiger partial charge in [0.15, 0.2) is 6.61 Å². The number of rotatable bonds is 8. The van der Waals surface area contributed by atoms with Crippen molar-refractivity contribution >= 4 is 29.3 Å². The van der Waals surface area contributed by atoms with Crippen molar-refractivity contribution in [2.75, 3.05) is 25.5 Å². The number of anilines is 1. The minimum absolute atomic E-state index is 0.0231. The molecule has 116 valence electrons. The van der Waals surface area contributed by atoms with Gasteiger partial charge in [0.25, 0.3) is 5.91 Å². The molecule has 5 nitrogen and oxygen atoms in total. The van der Waals surface area contributed by atoms with Crippen LogP contribution in [0.1, 0.15) is 5.56 Å². The third-order valence-electron chi connectivity index (χ3n) is 3.16. The Balaban J connectivity index is 1.78. The van der Waals surface area contributed by atoms with Gasteiger partial charge in [0.05, 0.1) is 0 Å². The first kappa shape index (κ1) is 16.0. The molecule has 0 saturated heterocycles. The number of benzene rings is 1. The molecule has 0 bridgehead atoms. The average molecular weight is 318 g/mol. The fraction of sp³-hybridized carbons (Fsp3) is 0.250. The molecule has 1 aromatic carbocycles. The highest BCUT2D eigenvalue weighted by Crippen LogP contribution is 2.16. The van der Waals surface area contributed by atoms with E-state index in [2.05, 4.69) is 16.8 Å². The molecule has 0 aliphatic carbocycles. The van der Waals surface area contributed by atoms with E-state index in [4.69, 9.17) is 4.74 Å². The SMILES string of the molecule is CN(CCc1ccsc1)C(=O)COc1cccc(NC=O)c1. The van der Waals surface area contributed by atoms with E-state index in [0.29, 0.717) is 24.4 Å². The van der Waals surface area contributed by atoms with Crippen LogP contribution in [0.2, 0.25) is 0 Å². The van der Waals surface area contributed by atoms with Gasteiger partial charge in [-0.1, -0.05) is 6.07 Å². The zero-order chi connectivity index (χ0) is 15.8. The quantitative estimate of drug-likeness (QED) is 0.760. The van der Waals surface area contributed by atoms with E-state index in [1.54, 1.807) is 47.5 Å². The largest absolute Gasteiger partial charge is 0.484 e. The highest BCUT2D eigenvalue weighted by atomic mass is 32.1. The van der Waals surface area contributed by atoms with Crippen LogP contribution >= 0.6 is 11.3 Å². The summed E-state index contributed by atoms with van der Waals surface area (Å²) >= 11 is 1.65. The van der Waals surface area contributed by atoms with Gasteiger partial charge in [0, 0.05) is 25.3 Å². The van der Waals surface area contributed by atoms with Crippen LogP contribution in [0.4, 0.5) is 5.69 Å². The van der Waals surface area contributed by atoms with Crippen molar-refractivity contribution in [2.45, 2.75) is 6.42 Å². The van der Waals surface area contributed by atoms with Crippen LogP contribution in [-0.2, 0) is 16.0 Å². The molecule has 0 saturated carbocycles. The number of carbonyl (C=O) groups is 2. The van der Waals surface area contributed by atoms with E-state index in [-0.39, 0.29) is 12.5 Å². The molecular formula is C16H18N2O3S. The Labute approximate surface area is 133 Å². The monoisotopic (exact) mass is 318 g/mol. The third kappa shape index (κ3) is 4.89. The Bertz CT molecular complexity index is 614. The fourth-order valence-corrected chi connectivity index (χ4v) is 2.56. The summed E-state index contributed by atoms with van der Waals surface area (Å²) in [5.74, 6) is 0.468. The van der Waals surface area contributed by atoms with Crippen LogP contribution in [0.25, 0.3) is 0 Å². The molecule has 0 unspecified atom stereocenters. The van der Waals surface area contributed by atoms with Gasteiger partial charge < -0.3 is 15.0 Å². The molecule has 0 fully saturated rings. The van der Waals surface area contributed by atoms with Crippen molar-refractivity contribution in [1.29, 1.82) is 0 Å². The van der Waals surface area contributed by atoms with E-state index in [9.17, 15) is 9.59 Å². The summed E-state index contributed by atoms with van der Waals surface area (Å²) in [4.78, 5) is 24.1. The van der Waals surface area contributed by atoms with Gasteiger partial charge in [-0.25, -0.2) is 0 Å². The molecule has 0 spiro atoms. The molecule has 0 atom stereocenters. The first-order valence-electron chi connectivity index (χ1n) is 6.87.